The Hall–Kier alpha value is -0.610. The summed E-state index contributed by atoms with van der Waals surface area (Å²) in [6, 6.07) is 6.04. The number of likely N-dealkylation sites (N-methyl/N-ethyl adjacent to an activating group) is 1. The van der Waals surface area contributed by atoms with Gasteiger partial charge in [-0.25, -0.2) is 0 Å². The molecule has 96 valence electrons. The number of hydrogen-bond donors (Lipinski definition) is 1. The van der Waals surface area contributed by atoms with Gasteiger partial charge in [0.15, 0.2) is 0 Å². The van der Waals surface area contributed by atoms with Crippen molar-refractivity contribution in [2.75, 3.05) is 6.54 Å². The molecule has 2 aromatic heterocycles. The highest BCUT2D eigenvalue weighted by Gasteiger charge is 2.16. The maximum Gasteiger partial charge on any atom is 0.0763 e. The predicted molar refractivity (Wildman–Crippen MR) is 78.7 cm³/mol. The number of pyridine rings is 1. The van der Waals surface area contributed by atoms with Crippen LogP contribution in [0.15, 0.2) is 29.8 Å². The zero-order valence-electron chi connectivity index (χ0n) is 9.99. The molecule has 0 aliphatic carbocycles. The first kappa shape index (κ1) is 13.8. The summed E-state index contributed by atoms with van der Waals surface area (Å²) in [6.45, 7) is 2.95. The van der Waals surface area contributed by atoms with E-state index in [-0.39, 0.29) is 6.04 Å². The second-order valence-electron chi connectivity index (χ2n) is 3.91. The molecule has 1 unspecified atom stereocenters. The van der Waals surface area contributed by atoms with Gasteiger partial charge in [0.2, 0.25) is 0 Å². The minimum Gasteiger partial charge on any atom is -0.309 e. The number of halogens is 2. The fraction of sp³-hybridized carbons (Fsp3) is 0.308. The number of nitrogens with one attached hydrogen (secondary N) is 1. The van der Waals surface area contributed by atoms with Gasteiger partial charge in [0.05, 0.1) is 21.8 Å². The molecular weight excluding hydrogens is 287 g/mol. The van der Waals surface area contributed by atoms with E-state index in [0.717, 1.165) is 18.7 Å². The third-order valence-corrected chi connectivity index (χ3v) is 4.01. The molecule has 0 saturated carbocycles. The zero-order chi connectivity index (χ0) is 13.0. The van der Waals surface area contributed by atoms with Crippen molar-refractivity contribution < 1.29 is 0 Å². The van der Waals surface area contributed by atoms with Gasteiger partial charge in [-0.1, -0.05) is 36.2 Å². The van der Waals surface area contributed by atoms with Crippen LogP contribution in [0.25, 0.3) is 0 Å². The fourth-order valence-corrected chi connectivity index (χ4v) is 3.09. The topological polar surface area (TPSA) is 24.9 Å². The Kier molecular flexibility index (Phi) is 5.01. The first-order valence-corrected chi connectivity index (χ1v) is 7.41. The van der Waals surface area contributed by atoms with E-state index in [2.05, 4.69) is 34.7 Å². The summed E-state index contributed by atoms with van der Waals surface area (Å²) < 4.78 is 0. The smallest absolute Gasteiger partial charge is 0.0763 e. The Labute approximate surface area is 121 Å². The zero-order valence-corrected chi connectivity index (χ0v) is 12.3. The molecule has 0 spiro atoms. The molecule has 2 rings (SSSR count). The van der Waals surface area contributed by atoms with Crippen LogP contribution in [0.3, 0.4) is 0 Å². The lowest BCUT2D eigenvalue weighted by molar-refractivity contribution is 0.540. The van der Waals surface area contributed by atoms with Crippen molar-refractivity contribution in [1.82, 2.24) is 10.3 Å². The molecule has 2 nitrogen and oxygen atoms in total. The lowest BCUT2D eigenvalue weighted by atomic mass is 10.1. The molecule has 0 aliphatic rings. The molecule has 18 heavy (non-hydrogen) atoms. The maximum absolute atomic E-state index is 6.22. The van der Waals surface area contributed by atoms with Crippen LogP contribution in [-0.4, -0.2) is 11.5 Å². The Balaban J connectivity index is 2.23. The van der Waals surface area contributed by atoms with Crippen LogP contribution in [0.5, 0.6) is 0 Å². The molecule has 0 aromatic carbocycles. The Bertz CT molecular complexity index is 500. The van der Waals surface area contributed by atoms with E-state index in [4.69, 9.17) is 23.2 Å². The molecule has 2 heterocycles. The van der Waals surface area contributed by atoms with Gasteiger partial charge in [-0.15, -0.1) is 11.3 Å². The minimum absolute atomic E-state index is 0.124. The summed E-state index contributed by atoms with van der Waals surface area (Å²) in [4.78, 5) is 5.67. The lowest BCUT2D eigenvalue weighted by Gasteiger charge is -2.17. The monoisotopic (exact) mass is 300 g/mol. The third kappa shape index (κ3) is 3.45. The van der Waals surface area contributed by atoms with E-state index in [9.17, 15) is 0 Å². The van der Waals surface area contributed by atoms with E-state index in [1.165, 1.54) is 4.88 Å². The van der Waals surface area contributed by atoms with E-state index < -0.39 is 0 Å². The van der Waals surface area contributed by atoms with Crippen LogP contribution >= 0.6 is 34.5 Å². The van der Waals surface area contributed by atoms with Crippen LogP contribution in [0.4, 0.5) is 0 Å². The molecule has 1 atom stereocenters. The highest BCUT2D eigenvalue weighted by Crippen LogP contribution is 2.27. The summed E-state index contributed by atoms with van der Waals surface area (Å²) >= 11 is 13.8. The Morgan fingerprint density at radius 3 is 2.89 bits per heavy atom. The molecule has 0 amide bonds. The van der Waals surface area contributed by atoms with E-state index in [1.54, 1.807) is 23.6 Å². The van der Waals surface area contributed by atoms with Crippen molar-refractivity contribution in [3.63, 3.8) is 0 Å². The minimum atomic E-state index is 0.124. The first-order chi connectivity index (χ1) is 8.70. The molecule has 1 N–H and O–H groups in total. The van der Waals surface area contributed by atoms with Gasteiger partial charge in [0.1, 0.15) is 0 Å². The molecule has 5 heteroatoms. The first-order valence-electron chi connectivity index (χ1n) is 5.77. The number of thiophene rings is 1. The number of rotatable bonds is 5. The second-order valence-corrected chi connectivity index (χ2v) is 5.79. The molecule has 0 fully saturated rings. The molecule has 0 bridgehead atoms. The van der Waals surface area contributed by atoms with Gasteiger partial charge in [0, 0.05) is 17.5 Å². The van der Waals surface area contributed by atoms with Gasteiger partial charge in [-0.2, -0.15) is 0 Å². The summed E-state index contributed by atoms with van der Waals surface area (Å²) in [5, 5.41) is 6.67. The summed E-state index contributed by atoms with van der Waals surface area (Å²) in [7, 11) is 0. The van der Waals surface area contributed by atoms with Crippen molar-refractivity contribution >= 4 is 34.5 Å². The van der Waals surface area contributed by atoms with Crippen LogP contribution in [0.1, 0.15) is 23.5 Å². The summed E-state index contributed by atoms with van der Waals surface area (Å²) in [5.41, 5.74) is 0.858. The fourth-order valence-electron chi connectivity index (χ4n) is 1.82. The van der Waals surface area contributed by atoms with Gasteiger partial charge in [-0.3, -0.25) is 4.98 Å². The largest absolute Gasteiger partial charge is 0.309 e. The van der Waals surface area contributed by atoms with Gasteiger partial charge in [-0.05, 0) is 24.1 Å². The Morgan fingerprint density at radius 1 is 1.44 bits per heavy atom. The standard InChI is InChI=1S/C13H14Cl2N2S/c1-2-16-12(7-10-4-3-5-18-10)13-11(15)6-9(14)8-17-13/h3-6,8,12,16H,2,7H2,1H3. The molecule has 0 saturated heterocycles. The quantitative estimate of drug-likeness (QED) is 0.888. The highest BCUT2D eigenvalue weighted by molar-refractivity contribution is 7.09. The van der Waals surface area contributed by atoms with Crippen molar-refractivity contribution in [1.29, 1.82) is 0 Å². The summed E-state index contributed by atoms with van der Waals surface area (Å²) in [5.74, 6) is 0. The average molecular weight is 301 g/mol. The normalized spacial score (nSPS) is 12.6. The van der Waals surface area contributed by atoms with Crippen LogP contribution < -0.4 is 5.32 Å². The van der Waals surface area contributed by atoms with Crippen LogP contribution in [0.2, 0.25) is 10.0 Å². The van der Waals surface area contributed by atoms with Crippen molar-refractivity contribution in [3.05, 3.63) is 50.4 Å². The Morgan fingerprint density at radius 2 is 2.28 bits per heavy atom. The molecule has 0 radical (unpaired) electrons. The average Bonchev–Trinajstić information content (AvgIpc) is 2.81. The third-order valence-electron chi connectivity index (χ3n) is 2.60. The van der Waals surface area contributed by atoms with Gasteiger partial charge >= 0.3 is 0 Å². The van der Waals surface area contributed by atoms with Crippen molar-refractivity contribution in [3.8, 4) is 0 Å². The maximum atomic E-state index is 6.22. The molecular formula is C13H14Cl2N2S. The SMILES string of the molecule is CCNC(Cc1cccs1)c1ncc(Cl)cc1Cl. The van der Waals surface area contributed by atoms with Crippen LogP contribution in [-0.2, 0) is 6.42 Å². The van der Waals surface area contributed by atoms with Crippen molar-refractivity contribution in [2.24, 2.45) is 0 Å². The van der Waals surface area contributed by atoms with E-state index >= 15 is 0 Å². The van der Waals surface area contributed by atoms with Crippen LogP contribution in [0, 0.1) is 0 Å². The van der Waals surface area contributed by atoms with Gasteiger partial charge < -0.3 is 5.32 Å². The lowest BCUT2D eigenvalue weighted by Crippen LogP contribution is -2.24. The highest BCUT2D eigenvalue weighted by atomic mass is 35.5. The van der Waals surface area contributed by atoms with Crippen molar-refractivity contribution in [2.45, 2.75) is 19.4 Å². The van der Waals surface area contributed by atoms with E-state index in [0.29, 0.717) is 10.0 Å². The van der Waals surface area contributed by atoms with Gasteiger partial charge in [0.25, 0.3) is 0 Å². The number of hydrogen-bond acceptors (Lipinski definition) is 3. The molecule has 0 aliphatic heterocycles. The number of nitrogens with zero attached hydrogens (tertiary/aromatic N) is 1. The molecule has 2 aromatic rings. The second kappa shape index (κ2) is 6.53. The predicted octanol–water partition coefficient (Wildman–Crippen LogP) is 4.34. The number of aromatic nitrogens is 1. The van der Waals surface area contributed by atoms with E-state index in [1.807, 2.05) is 0 Å². The summed E-state index contributed by atoms with van der Waals surface area (Å²) in [6.07, 6.45) is 2.53.